The molecule has 0 unspecified atom stereocenters. The number of carbonyl (C=O) groups is 2. The lowest BCUT2D eigenvalue weighted by atomic mass is 10.1. The van der Waals surface area contributed by atoms with Crippen molar-refractivity contribution in [1.82, 2.24) is 0 Å². The van der Waals surface area contributed by atoms with Gasteiger partial charge in [0.1, 0.15) is 5.75 Å². The normalized spacial score (nSPS) is 10.2. The molecule has 0 aliphatic rings. The molecule has 25 heavy (non-hydrogen) atoms. The Morgan fingerprint density at radius 3 is 2.52 bits per heavy atom. The Balaban J connectivity index is 2.25. The molecule has 0 saturated heterocycles. The molecule has 0 bridgehead atoms. The lowest BCUT2D eigenvalue weighted by Gasteiger charge is -2.12. The van der Waals surface area contributed by atoms with Crippen LogP contribution in [0.4, 0.5) is 5.69 Å². The third-order valence-corrected chi connectivity index (χ3v) is 3.58. The van der Waals surface area contributed by atoms with E-state index in [0.717, 1.165) is 5.56 Å². The fraction of sp³-hybridized carbons (Fsp3) is 0.263. The zero-order valence-electron chi connectivity index (χ0n) is 14.5. The zero-order valence-corrected chi connectivity index (χ0v) is 14.5. The van der Waals surface area contributed by atoms with Crippen molar-refractivity contribution in [3.05, 3.63) is 59.2 Å². The van der Waals surface area contributed by atoms with Gasteiger partial charge in [0.25, 0.3) is 5.91 Å². The minimum atomic E-state index is -0.511. The van der Waals surface area contributed by atoms with Gasteiger partial charge in [-0.05, 0) is 37.3 Å². The molecule has 0 aliphatic carbocycles. The van der Waals surface area contributed by atoms with Crippen LogP contribution in [-0.4, -0.2) is 32.7 Å². The molecule has 2 aromatic carbocycles. The van der Waals surface area contributed by atoms with E-state index in [4.69, 9.17) is 14.2 Å². The number of hydrogen-bond donors (Lipinski definition) is 1. The Labute approximate surface area is 146 Å². The van der Waals surface area contributed by atoms with Crippen molar-refractivity contribution < 1.29 is 23.8 Å². The van der Waals surface area contributed by atoms with E-state index in [-0.39, 0.29) is 5.91 Å². The Hall–Kier alpha value is -2.86. The highest BCUT2D eigenvalue weighted by atomic mass is 16.5. The maximum absolute atomic E-state index is 12.6. The molecular formula is C19H21NO5. The van der Waals surface area contributed by atoms with Crippen LogP contribution in [0, 0.1) is 0 Å². The maximum Gasteiger partial charge on any atom is 0.339 e. The van der Waals surface area contributed by atoms with E-state index >= 15 is 0 Å². The summed E-state index contributed by atoms with van der Waals surface area (Å²) in [6.45, 7) is 2.80. The van der Waals surface area contributed by atoms with Gasteiger partial charge in [0, 0.05) is 17.7 Å². The van der Waals surface area contributed by atoms with Crippen molar-refractivity contribution in [2.45, 2.75) is 13.5 Å². The van der Waals surface area contributed by atoms with E-state index in [2.05, 4.69) is 5.32 Å². The molecule has 0 saturated carbocycles. The fourth-order valence-electron chi connectivity index (χ4n) is 2.32. The van der Waals surface area contributed by atoms with Crippen LogP contribution in [0.2, 0.25) is 0 Å². The maximum atomic E-state index is 12.6. The number of hydrogen-bond acceptors (Lipinski definition) is 5. The molecule has 6 heteroatoms. The van der Waals surface area contributed by atoms with Crippen molar-refractivity contribution in [2.24, 2.45) is 0 Å². The topological polar surface area (TPSA) is 73.9 Å². The van der Waals surface area contributed by atoms with Gasteiger partial charge in [-0.15, -0.1) is 0 Å². The first kappa shape index (κ1) is 18.5. The first-order valence-corrected chi connectivity index (χ1v) is 7.84. The summed E-state index contributed by atoms with van der Waals surface area (Å²) in [6.07, 6.45) is 0. The Morgan fingerprint density at radius 1 is 1.08 bits per heavy atom. The summed E-state index contributed by atoms with van der Waals surface area (Å²) in [7, 11) is 2.86. The number of para-hydroxylation sites is 1. The number of methoxy groups -OCH3 is 2. The highest BCUT2D eigenvalue weighted by molar-refractivity contribution is 6.08. The van der Waals surface area contributed by atoms with E-state index in [0.29, 0.717) is 35.8 Å². The van der Waals surface area contributed by atoms with Gasteiger partial charge in [-0.1, -0.05) is 12.1 Å². The van der Waals surface area contributed by atoms with Crippen LogP contribution in [0.5, 0.6) is 5.75 Å². The summed E-state index contributed by atoms with van der Waals surface area (Å²) in [6, 6.07) is 11.8. The van der Waals surface area contributed by atoms with Crippen molar-refractivity contribution >= 4 is 17.6 Å². The van der Waals surface area contributed by atoms with Crippen molar-refractivity contribution in [1.29, 1.82) is 0 Å². The number of anilines is 1. The number of carbonyl (C=O) groups excluding carboxylic acids is 2. The summed E-state index contributed by atoms with van der Waals surface area (Å²) < 4.78 is 15.4. The van der Waals surface area contributed by atoms with Crippen molar-refractivity contribution in [3.8, 4) is 5.75 Å². The van der Waals surface area contributed by atoms with E-state index in [1.54, 1.807) is 49.6 Å². The molecule has 132 valence electrons. The molecule has 2 rings (SSSR count). The van der Waals surface area contributed by atoms with Crippen LogP contribution < -0.4 is 10.1 Å². The average molecular weight is 343 g/mol. The number of nitrogens with one attached hydrogen (secondary N) is 1. The predicted octanol–water partition coefficient (Wildman–Crippen LogP) is 3.27. The molecule has 0 heterocycles. The molecule has 0 spiro atoms. The largest absolute Gasteiger partial charge is 0.496 e. The van der Waals surface area contributed by atoms with Gasteiger partial charge in [-0.25, -0.2) is 4.79 Å². The Bertz CT molecular complexity index is 757. The summed E-state index contributed by atoms with van der Waals surface area (Å²) in [4.78, 5) is 24.4. The lowest BCUT2D eigenvalue weighted by Crippen LogP contribution is -2.15. The zero-order chi connectivity index (χ0) is 18.2. The van der Waals surface area contributed by atoms with Crippen molar-refractivity contribution in [2.75, 3.05) is 26.1 Å². The van der Waals surface area contributed by atoms with Gasteiger partial charge in [-0.2, -0.15) is 0 Å². The number of esters is 1. The molecule has 0 radical (unpaired) electrons. The number of amides is 1. The lowest BCUT2D eigenvalue weighted by molar-refractivity contribution is 0.0602. The third-order valence-electron chi connectivity index (χ3n) is 3.58. The highest BCUT2D eigenvalue weighted by Crippen LogP contribution is 2.22. The molecule has 0 aliphatic heterocycles. The smallest absolute Gasteiger partial charge is 0.339 e. The van der Waals surface area contributed by atoms with Gasteiger partial charge in [0.15, 0.2) is 0 Å². The monoisotopic (exact) mass is 343 g/mol. The number of rotatable bonds is 7. The van der Waals surface area contributed by atoms with Crippen LogP contribution in [0.1, 0.15) is 33.2 Å². The van der Waals surface area contributed by atoms with Crippen molar-refractivity contribution in [3.63, 3.8) is 0 Å². The van der Waals surface area contributed by atoms with Gasteiger partial charge in [0.2, 0.25) is 0 Å². The Morgan fingerprint density at radius 2 is 1.84 bits per heavy atom. The van der Waals surface area contributed by atoms with Crippen LogP contribution in [0.15, 0.2) is 42.5 Å². The quantitative estimate of drug-likeness (QED) is 0.781. The SMILES string of the molecule is CCOCc1cc(C(=O)Nc2ccccc2C(=O)OC)ccc1OC. The fourth-order valence-corrected chi connectivity index (χ4v) is 2.32. The summed E-state index contributed by atoms with van der Waals surface area (Å²) in [5.74, 6) is -0.195. The molecule has 0 fully saturated rings. The van der Waals surface area contributed by atoms with Crippen LogP contribution >= 0.6 is 0 Å². The molecule has 1 amide bonds. The molecule has 6 nitrogen and oxygen atoms in total. The third kappa shape index (κ3) is 4.58. The summed E-state index contributed by atoms with van der Waals surface area (Å²) >= 11 is 0. The van der Waals surface area contributed by atoms with Crippen LogP contribution in [0.3, 0.4) is 0 Å². The number of ether oxygens (including phenoxy) is 3. The molecular weight excluding hydrogens is 322 g/mol. The summed E-state index contributed by atoms with van der Waals surface area (Å²) in [5.41, 5.74) is 1.90. The first-order valence-electron chi connectivity index (χ1n) is 7.84. The minimum Gasteiger partial charge on any atom is -0.496 e. The minimum absolute atomic E-state index is 0.293. The predicted molar refractivity (Wildman–Crippen MR) is 94.1 cm³/mol. The molecule has 1 N–H and O–H groups in total. The average Bonchev–Trinajstić information content (AvgIpc) is 2.65. The molecule has 0 atom stereocenters. The highest BCUT2D eigenvalue weighted by Gasteiger charge is 2.15. The number of benzene rings is 2. The first-order chi connectivity index (χ1) is 12.1. The molecule has 0 aromatic heterocycles. The van der Waals surface area contributed by atoms with E-state index < -0.39 is 5.97 Å². The Kier molecular flexibility index (Phi) is 6.54. The second kappa shape index (κ2) is 8.84. The van der Waals surface area contributed by atoms with Gasteiger partial charge < -0.3 is 19.5 Å². The van der Waals surface area contributed by atoms with E-state index in [1.807, 2.05) is 6.92 Å². The summed E-state index contributed by atoms with van der Waals surface area (Å²) in [5, 5.41) is 2.74. The van der Waals surface area contributed by atoms with Gasteiger partial charge >= 0.3 is 5.97 Å². The second-order valence-corrected chi connectivity index (χ2v) is 5.16. The standard InChI is InChI=1S/C19H21NO5/c1-4-25-12-14-11-13(9-10-17(14)23-2)18(21)20-16-8-6-5-7-15(16)19(22)24-3/h5-11H,4,12H2,1-3H3,(H,20,21). The van der Waals surface area contributed by atoms with Gasteiger partial charge in [0.05, 0.1) is 32.1 Å². The van der Waals surface area contributed by atoms with Gasteiger partial charge in [-0.3, -0.25) is 4.79 Å². The van der Waals surface area contributed by atoms with E-state index in [9.17, 15) is 9.59 Å². The van der Waals surface area contributed by atoms with E-state index in [1.165, 1.54) is 7.11 Å². The second-order valence-electron chi connectivity index (χ2n) is 5.16. The van der Waals surface area contributed by atoms with Crippen LogP contribution in [0.25, 0.3) is 0 Å². The molecule has 2 aromatic rings. The van der Waals surface area contributed by atoms with Crippen LogP contribution in [-0.2, 0) is 16.1 Å².